The van der Waals surface area contributed by atoms with Crippen LogP contribution in [0.1, 0.15) is 25.2 Å². The van der Waals surface area contributed by atoms with Gasteiger partial charge in [0.15, 0.2) is 5.82 Å². The van der Waals surface area contributed by atoms with Gasteiger partial charge in [0.2, 0.25) is 0 Å². The van der Waals surface area contributed by atoms with Crippen molar-refractivity contribution in [3.05, 3.63) is 54.0 Å². The average Bonchev–Trinajstić information content (AvgIpc) is 2.67. The number of hydrogen-bond acceptors (Lipinski definition) is 7. The molecule has 3 rings (SSSR count). The summed E-state index contributed by atoms with van der Waals surface area (Å²) in [5.41, 5.74) is -2.01. The van der Waals surface area contributed by atoms with Gasteiger partial charge >= 0.3 is 0 Å². The van der Waals surface area contributed by atoms with E-state index in [1.165, 1.54) is 21.4 Å². The van der Waals surface area contributed by atoms with Crippen molar-refractivity contribution in [2.75, 3.05) is 10.6 Å². The van der Waals surface area contributed by atoms with Crippen LogP contribution in [0, 0.1) is 11.3 Å². The second-order valence-corrected chi connectivity index (χ2v) is 7.51. The van der Waals surface area contributed by atoms with Gasteiger partial charge in [-0.2, -0.15) is 14.0 Å². The summed E-state index contributed by atoms with van der Waals surface area (Å²) in [4.78, 5) is 17.0. The molecule has 0 amide bonds. The number of hydrogen-bond donors (Lipinski definition) is 2. The van der Waals surface area contributed by atoms with E-state index in [0.717, 1.165) is 0 Å². The normalized spacial score (nSPS) is 11.2. The fraction of sp³-hybridized carbons (Fsp3) is 0.250. The van der Waals surface area contributed by atoms with Crippen LogP contribution in [0.2, 0.25) is 0 Å². The first kappa shape index (κ1) is 21.5. The van der Waals surface area contributed by atoms with Crippen molar-refractivity contribution in [1.29, 1.82) is 5.26 Å². The molecule has 3 heterocycles. The first-order chi connectivity index (χ1) is 14.2. The van der Waals surface area contributed by atoms with Crippen molar-refractivity contribution in [1.82, 2.24) is 19.9 Å². The van der Waals surface area contributed by atoms with Gasteiger partial charge in [-0.05, 0) is 38.1 Å². The van der Waals surface area contributed by atoms with Crippen LogP contribution < -0.4 is 10.6 Å². The topological polar surface area (TPSA) is 99.4 Å². The highest BCUT2D eigenvalue weighted by Gasteiger charge is 2.26. The van der Waals surface area contributed by atoms with E-state index >= 15 is 0 Å². The van der Waals surface area contributed by atoms with Gasteiger partial charge in [-0.3, -0.25) is 4.98 Å². The summed E-state index contributed by atoms with van der Waals surface area (Å²) in [7, 11) is 1.48. The van der Waals surface area contributed by atoms with Crippen LogP contribution in [0.15, 0.2) is 42.6 Å². The fourth-order valence-electron chi connectivity index (χ4n) is 2.62. The number of pyridine rings is 2. The molecule has 0 saturated carbocycles. The highest BCUT2D eigenvalue weighted by molar-refractivity contribution is 7.17. The van der Waals surface area contributed by atoms with E-state index in [2.05, 4.69) is 36.6 Å². The number of halogens is 2. The number of alkyl halides is 2. The molecule has 0 aliphatic rings. The van der Waals surface area contributed by atoms with E-state index in [4.69, 9.17) is 5.26 Å². The number of nitrogens with one attached hydrogen (secondary N) is 2. The maximum atomic E-state index is 13.7. The van der Waals surface area contributed by atoms with Crippen LogP contribution in [0.3, 0.4) is 0 Å². The first-order valence-electron chi connectivity index (χ1n) is 9.13. The van der Waals surface area contributed by atoms with Gasteiger partial charge in [0.25, 0.3) is 5.66 Å². The highest BCUT2D eigenvalue weighted by Crippen LogP contribution is 2.34. The van der Waals surface area contributed by atoms with Gasteiger partial charge < -0.3 is 10.6 Å². The Balaban J connectivity index is 2.01. The molecule has 0 fully saturated rings. The molecular formula is C20H20F2N7P. The molecule has 7 nitrogen and oxygen atoms in total. The van der Waals surface area contributed by atoms with Crippen molar-refractivity contribution in [2.24, 2.45) is 0 Å². The molecule has 10 heteroatoms. The lowest BCUT2D eigenvalue weighted by molar-refractivity contribution is 0.0988. The Kier molecular flexibility index (Phi) is 6.48. The second-order valence-electron chi connectivity index (χ2n) is 6.79. The molecule has 0 aliphatic carbocycles. The highest BCUT2D eigenvalue weighted by atomic mass is 31.0. The van der Waals surface area contributed by atoms with Gasteiger partial charge in [-0.1, -0.05) is 15.3 Å². The van der Waals surface area contributed by atoms with Crippen molar-refractivity contribution >= 4 is 26.6 Å². The minimum Gasteiger partial charge on any atom is -0.368 e. The average molecular weight is 427 g/mol. The lowest BCUT2D eigenvalue weighted by Gasteiger charge is -2.14. The standard InChI is InChI=1S/C20H20F2N7P/c1-12(2)25-17-11-18(26-14-7-9-24-13(10-14)6-8-23)29-19(28-17)15-4-3-5-16(27-15)20(21,22)30/h3-5,7,9-12H,6,30H2,1-2H3,(H2,24,25,26,28,29). The molecule has 0 aromatic carbocycles. The van der Waals surface area contributed by atoms with Crippen molar-refractivity contribution in [3.8, 4) is 17.6 Å². The molecule has 30 heavy (non-hydrogen) atoms. The Bertz CT molecular complexity index is 1080. The van der Waals surface area contributed by atoms with E-state index in [1.807, 2.05) is 13.8 Å². The summed E-state index contributed by atoms with van der Waals surface area (Å²) in [6, 6.07) is 11.7. The third-order valence-electron chi connectivity index (χ3n) is 3.83. The summed E-state index contributed by atoms with van der Waals surface area (Å²) in [6.07, 6.45) is 1.78. The summed E-state index contributed by atoms with van der Waals surface area (Å²) >= 11 is 0. The quantitative estimate of drug-likeness (QED) is 0.536. The van der Waals surface area contributed by atoms with E-state index in [9.17, 15) is 8.78 Å². The van der Waals surface area contributed by atoms with Crippen LogP contribution in [0.25, 0.3) is 11.5 Å². The first-order valence-corrected chi connectivity index (χ1v) is 9.71. The molecule has 1 atom stereocenters. The van der Waals surface area contributed by atoms with Crippen LogP contribution in [-0.2, 0) is 12.1 Å². The van der Waals surface area contributed by atoms with Gasteiger partial charge in [0.05, 0.1) is 18.2 Å². The predicted octanol–water partition coefficient (Wildman–Crippen LogP) is 4.49. The zero-order valence-electron chi connectivity index (χ0n) is 16.4. The molecule has 0 spiro atoms. The Morgan fingerprint density at radius 2 is 1.90 bits per heavy atom. The van der Waals surface area contributed by atoms with Crippen LogP contribution >= 0.6 is 9.24 Å². The maximum Gasteiger partial charge on any atom is 0.300 e. The third-order valence-corrected chi connectivity index (χ3v) is 4.13. The molecule has 0 bridgehead atoms. The van der Waals surface area contributed by atoms with E-state index in [0.29, 0.717) is 23.0 Å². The molecular weight excluding hydrogens is 407 g/mol. The fourth-order valence-corrected chi connectivity index (χ4v) is 2.78. The van der Waals surface area contributed by atoms with E-state index in [-0.39, 0.29) is 29.7 Å². The molecule has 2 N–H and O–H groups in total. The lowest BCUT2D eigenvalue weighted by atomic mass is 10.2. The summed E-state index contributed by atoms with van der Waals surface area (Å²) in [6.45, 7) is 3.92. The maximum absolute atomic E-state index is 13.7. The van der Waals surface area contributed by atoms with Gasteiger partial charge in [-0.15, -0.1) is 0 Å². The number of nitrogens with zero attached hydrogens (tertiary/aromatic N) is 5. The lowest BCUT2D eigenvalue weighted by Crippen LogP contribution is -2.13. The molecule has 1 unspecified atom stereocenters. The molecule has 0 saturated heterocycles. The Morgan fingerprint density at radius 3 is 2.60 bits per heavy atom. The molecule has 154 valence electrons. The monoisotopic (exact) mass is 427 g/mol. The number of aromatic nitrogens is 4. The zero-order valence-corrected chi connectivity index (χ0v) is 17.5. The zero-order chi connectivity index (χ0) is 21.7. The number of rotatable bonds is 7. The summed E-state index contributed by atoms with van der Waals surface area (Å²) < 4.78 is 27.4. The van der Waals surface area contributed by atoms with Gasteiger partial charge in [0.1, 0.15) is 23.0 Å². The van der Waals surface area contributed by atoms with Crippen LogP contribution in [0.5, 0.6) is 0 Å². The predicted molar refractivity (Wildman–Crippen MR) is 114 cm³/mol. The van der Waals surface area contributed by atoms with Gasteiger partial charge in [-0.25, -0.2) is 15.0 Å². The summed E-state index contributed by atoms with van der Waals surface area (Å²) in [5.74, 6) is 1.17. The van der Waals surface area contributed by atoms with Crippen LogP contribution in [-0.4, -0.2) is 26.0 Å². The second kappa shape index (κ2) is 9.06. The Hall–Kier alpha value is -3.24. The van der Waals surface area contributed by atoms with Crippen molar-refractivity contribution < 1.29 is 8.78 Å². The minimum absolute atomic E-state index is 0.0967. The molecule has 3 aromatic heterocycles. The summed E-state index contributed by atoms with van der Waals surface area (Å²) in [5, 5.41) is 15.2. The Morgan fingerprint density at radius 1 is 1.13 bits per heavy atom. The van der Waals surface area contributed by atoms with Crippen LogP contribution in [0.4, 0.5) is 26.1 Å². The largest absolute Gasteiger partial charge is 0.368 e. The third kappa shape index (κ3) is 5.65. The smallest absolute Gasteiger partial charge is 0.300 e. The number of nitriles is 1. The SMILES string of the molecule is CC(C)Nc1cc(Nc2ccnc(CC#N)c2)nc(-c2cccc(C(F)(F)P)n2)n1. The number of anilines is 3. The van der Waals surface area contributed by atoms with Crippen molar-refractivity contribution in [2.45, 2.75) is 32.0 Å². The molecule has 0 aliphatic heterocycles. The minimum atomic E-state index is -3.15. The molecule has 0 radical (unpaired) electrons. The molecule has 3 aromatic rings. The Labute approximate surface area is 175 Å². The van der Waals surface area contributed by atoms with Gasteiger partial charge in [0, 0.05) is 24.0 Å². The van der Waals surface area contributed by atoms with E-state index in [1.54, 1.807) is 30.5 Å². The van der Waals surface area contributed by atoms with Crippen molar-refractivity contribution in [3.63, 3.8) is 0 Å². The van der Waals surface area contributed by atoms with E-state index < -0.39 is 5.66 Å².